The molecule has 0 aliphatic carbocycles. The molecule has 0 heterocycles. The largest absolute Gasteiger partial charge is 0.495 e. The van der Waals surface area contributed by atoms with Gasteiger partial charge < -0.3 is 4.74 Å². The fourth-order valence-corrected chi connectivity index (χ4v) is 1.92. The maximum atomic E-state index is 10.8. The van der Waals surface area contributed by atoms with Gasteiger partial charge in [0, 0.05) is 10.6 Å². The highest BCUT2D eigenvalue weighted by molar-refractivity contribution is 7.85. The second kappa shape index (κ2) is 5.23. The predicted octanol–water partition coefficient (Wildman–Crippen LogP) is 2.48. The summed E-state index contributed by atoms with van der Waals surface area (Å²) < 4.78 is 31.3. The Morgan fingerprint density at radius 1 is 1.31 bits per heavy atom. The van der Waals surface area contributed by atoms with Crippen molar-refractivity contribution in [1.82, 2.24) is 0 Å². The first-order valence-corrected chi connectivity index (χ1v) is 6.77. The quantitative estimate of drug-likeness (QED) is 0.797. The molecule has 1 aromatic rings. The molecule has 90 valence electrons. The van der Waals surface area contributed by atoms with E-state index in [2.05, 4.69) is 4.18 Å². The lowest BCUT2D eigenvalue weighted by Crippen LogP contribution is -2.04. The average molecular weight is 285 g/mol. The lowest BCUT2D eigenvalue weighted by molar-refractivity contribution is 0.311. The zero-order valence-corrected chi connectivity index (χ0v) is 11.0. The number of hydrogen-bond donors (Lipinski definition) is 0. The van der Waals surface area contributed by atoms with E-state index in [1.807, 2.05) is 0 Å². The lowest BCUT2D eigenvalue weighted by atomic mass is 10.2. The Hall–Kier alpha value is -0.490. The fourth-order valence-electron chi connectivity index (χ4n) is 1.03. The fraction of sp³-hybridized carbons (Fsp3) is 0.333. The Balaban J connectivity index is 3.03. The van der Waals surface area contributed by atoms with E-state index in [0.717, 1.165) is 6.26 Å². The SMILES string of the molecule is COc1ccc(Cl)c(COS(C)(=O)=O)c1Cl. The maximum absolute atomic E-state index is 10.8. The Morgan fingerprint density at radius 2 is 1.94 bits per heavy atom. The summed E-state index contributed by atoms with van der Waals surface area (Å²) in [5.74, 6) is 0.415. The van der Waals surface area contributed by atoms with Gasteiger partial charge in [-0.1, -0.05) is 23.2 Å². The minimum atomic E-state index is -3.53. The Bertz CT molecular complexity index is 485. The first kappa shape index (κ1) is 13.6. The van der Waals surface area contributed by atoms with Gasteiger partial charge in [0.1, 0.15) is 5.75 Å². The standard InChI is InChI=1S/C9H10Cl2O4S/c1-14-8-4-3-7(10)6(9(8)11)5-15-16(2,12)13/h3-4H,5H2,1-2H3. The van der Waals surface area contributed by atoms with Gasteiger partial charge in [0.2, 0.25) is 0 Å². The summed E-state index contributed by atoms with van der Waals surface area (Å²) in [6.07, 6.45) is 0.953. The Kier molecular flexibility index (Phi) is 4.43. The van der Waals surface area contributed by atoms with Gasteiger partial charge in [-0.05, 0) is 12.1 Å². The van der Waals surface area contributed by atoms with Crippen LogP contribution in [0, 0.1) is 0 Å². The van der Waals surface area contributed by atoms with Gasteiger partial charge >= 0.3 is 0 Å². The summed E-state index contributed by atoms with van der Waals surface area (Å²) in [5.41, 5.74) is 0.383. The van der Waals surface area contributed by atoms with Crippen LogP contribution in [0.15, 0.2) is 12.1 Å². The second-order valence-electron chi connectivity index (χ2n) is 3.01. The zero-order chi connectivity index (χ0) is 12.3. The molecule has 0 aliphatic rings. The first-order chi connectivity index (χ1) is 7.35. The van der Waals surface area contributed by atoms with Crippen LogP contribution in [0.5, 0.6) is 5.75 Å². The normalized spacial score (nSPS) is 11.5. The van der Waals surface area contributed by atoms with E-state index in [0.29, 0.717) is 16.3 Å². The summed E-state index contributed by atoms with van der Waals surface area (Å²) >= 11 is 11.8. The second-order valence-corrected chi connectivity index (χ2v) is 5.44. The van der Waals surface area contributed by atoms with Crippen LogP contribution in [0.1, 0.15) is 5.56 Å². The summed E-state index contributed by atoms with van der Waals surface area (Å²) in [5, 5.41) is 0.577. The summed E-state index contributed by atoms with van der Waals surface area (Å²) in [4.78, 5) is 0. The molecule has 1 rings (SSSR count). The highest BCUT2D eigenvalue weighted by Gasteiger charge is 2.13. The molecule has 16 heavy (non-hydrogen) atoms. The summed E-state index contributed by atoms with van der Waals surface area (Å²) in [7, 11) is -2.08. The van der Waals surface area contributed by atoms with Gasteiger partial charge in [-0.25, -0.2) is 0 Å². The van der Waals surface area contributed by atoms with Crippen LogP contribution in [0.2, 0.25) is 10.0 Å². The van der Waals surface area contributed by atoms with Crippen molar-refractivity contribution in [3.63, 3.8) is 0 Å². The third-order valence-electron chi connectivity index (χ3n) is 1.79. The van der Waals surface area contributed by atoms with Gasteiger partial charge in [0.25, 0.3) is 10.1 Å². The number of benzene rings is 1. The lowest BCUT2D eigenvalue weighted by Gasteiger charge is -2.10. The van der Waals surface area contributed by atoms with Gasteiger partial charge in [-0.15, -0.1) is 0 Å². The summed E-state index contributed by atoms with van der Waals surface area (Å²) in [6, 6.07) is 3.15. The molecule has 0 radical (unpaired) electrons. The van der Waals surface area contributed by atoms with Gasteiger partial charge in [0.05, 0.1) is 25.0 Å². The van der Waals surface area contributed by atoms with Crippen molar-refractivity contribution in [3.8, 4) is 5.75 Å². The van der Waals surface area contributed by atoms with Crippen molar-refractivity contribution < 1.29 is 17.3 Å². The van der Waals surface area contributed by atoms with Crippen LogP contribution in [0.25, 0.3) is 0 Å². The zero-order valence-electron chi connectivity index (χ0n) is 8.66. The molecule has 0 aliphatic heterocycles. The third kappa shape index (κ3) is 3.52. The van der Waals surface area contributed by atoms with Gasteiger partial charge in [0.15, 0.2) is 0 Å². The van der Waals surface area contributed by atoms with Crippen LogP contribution < -0.4 is 4.74 Å². The van der Waals surface area contributed by atoms with E-state index in [9.17, 15) is 8.42 Å². The summed E-state index contributed by atoms with van der Waals surface area (Å²) in [6.45, 7) is -0.215. The predicted molar refractivity (Wildman–Crippen MR) is 62.6 cm³/mol. The monoisotopic (exact) mass is 284 g/mol. The van der Waals surface area contributed by atoms with Crippen LogP contribution in [-0.4, -0.2) is 21.8 Å². The van der Waals surface area contributed by atoms with Crippen molar-refractivity contribution in [1.29, 1.82) is 0 Å². The smallest absolute Gasteiger partial charge is 0.264 e. The molecule has 0 fully saturated rings. The molecule has 0 amide bonds. The van der Waals surface area contributed by atoms with Crippen molar-refractivity contribution in [2.24, 2.45) is 0 Å². The van der Waals surface area contributed by atoms with E-state index in [1.165, 1.54) is 7.11 Å². The van der Waals surface area contributed by atoms with Crippen LogP contribution >= 0.6 is 23.2 Å². The molecule has 0 spiro atoms. The molecule has 0 N–H and O–H groups in total. The van der Waals surface area contributed by atoms with Gasteiger partial charge in [-0.3, -0.25) is 4.18 Å². The molecule has 0 saturated heterocycles. The highest BCUT2D eigenvalue weighted by Crippen LogP contribution is 2.33. The topological polar surface area (TPSA) is 52.6 Å². The average Bonchev–Trinajstić information content (AvgIpc) is 2.16. The van der Waals surface area contributed by atoms with E-state index in [1.54, 1.807) is 12.1 Å². The van der Waals surface area contributed by atoms with E-state index in [4.69, 9.17) is 27.9 Å². The molecule has 0 aromatic heterocycles. The Morgan fingerprint density at radius 3 is 2.44 bits per heavy atom. The number of halogens is 2. The maximum Gasteiger partial charge on any atom is 0.264 e. The molecule has 0 saturated carbocycles. The molecule has 1 aromatic carbocycles. The number of rotatable bonds is 4. The van der Waals surface area contributed by atoms with E-state index < -0.39 is 10.1 Å². The molecule has 0 bridgehead atoms. The van der Waals surface area contributed by atoms with Crippen LogP contribution in [0.4, 0.5) is 0 Å². The number of methoxy groups -OCH3 is 1. The molecule has 0 atom stereocenters. The molecule has 7 heteroatoms. The van der Waals surface area contributed by atoms with Crippen molar-refractivity contribution in [2.45, 2.75) is 6.61 Å². The minimum absolute atomic E-state index is 0.215. The van der Waals surface area contributed by atoms with Crippen molar-refractivity contribution >= 4 is 33.3 Å². The van der Waals surface area contributed by atoms with E-state index >= 15 is 0 Å². The Labute approximate surface area is 104 Å². The minimum Gasteiger partial charge on any atom is -0.495 e. The molecule has 4 nitrogen and oxygen atoms in total. The third-order valence-corrected chi connectivity index (χ3v) is 3.10. The molecular weight excluding hydrogens is 275 g/mol. The van der Waals surface area contributed by atoms with Crippen LogP contribution in [0.3, 0.4) is 0 Å². The van der Waals surface area contributed by atoms with Gasteiger partial charge in [-0.2, -0.15) is 8.42 Å². The van der Waals surface area contributed by atoms with Crippen molar-refractivity contribution in [2.75, 3.05) is 13.4 Å². The molecule has 0 unspecified atom stereocenters. The molecular formula is C9H10Cl2O4S. The number of hydrogen-bond acceptors (Lipinski definition) is 4. The van der Waals surface area contributed by atoms with Crippen LogP contribution in [-0.2, 0) is 20.9 Å². The van der Waals surface area contributed by atoms with E-state index in [-0.39, 0.29) is 11.6 Å². The van der Waals surface area contributed by atoms with Crippen molar-refractivity contribution in [3.05, 3.63) is 27.7 Å². The number of ether oxygens (including phenoxy) is 1. The first-order valence-electron chi connectivity index (χ1n) is 4.20. The highest BCUT2D eigenvalue weighted by atomic mass is 35.5.